The Morgan fingerprint density at radius 2 is 1.80 bits per heavy atom. The third-order valence-corrected chi connectivity index (χ3v) is 5.43. The summed E-state index contributed by atoms with van der Waals surface area (Å²) in [6, 6.07) is 18.9. The largest absolute Gasteiger partial charge is 0.493 e. The number of hydrogen-bond donors (Lipinski definition) is 2. The number of aryl methyl sites for hydroxylation is 1. The molecule has 0 saturated carbocycles. The van der Waals surface area contributed by atoms with Gasteiger partial charge in [0, 0.05) is 23.1 Å². The quantitative estimate of drug-likeness (QED) is 0.443. The van der Waals surface area contributed by atoms with E-state index in [0.29, 0.717) is 31.2 Å². The number of rotatable bonds is 9. The first-order valence-corrected chi connectivity index (χ1v) is 10.3. The molecule has 0 aliphatic heterocycles. The molecule has 2 N–H and O–H groups in total. The van der Waals surface area contributed by atoms with Crippen molar-refractivity contribution in [1.82, 2.24) is 5.32 Å². The van der Waals surface area contributed by atoms with E-state index in [0.717, 1.165) is 21.2 Å². The molecule has 0 atom stereocenters. The van der Waals surface area contributed by atoms with E-state index < -0.39 is 5.97 Å². The van der Waals surface area contributed by atoms with E-state index in [-0.39, 0.29) is 5.56 Å². The summed E-state index contributed by atoms with van der Waals surface area (Å²) in [6.07, 6.45) is 0. The molecule has 0 aliphatic carbocycles. The highest BCUT2D eigenvalue weighted by Gasteiger charge is 2.15. The van der Waals surface area contributed by atoms with Gasteiger partial charge in [-0.15, -0.1) is 0 Å². The van der Waals surface area contributed by atoms with Crippen molar-refractivity contribution in [3.8, 4) is 11.5 Å². The SMILES string of the molecule is COc1ccc(Br)c(CNCc2ccc(C(=O)O)cc2)c1OCc1cccc(C)c1. The smallest absolute Gasteiger partial charge is 0.335 e. The van der Waals surface area contributed by atoms with Crippen molar-refractivity contribution in [1.29, 1.82) is 0 Å². The molecule has 0 saturated heterocycles. The third-order valence-electron chi connectivity index (χ3n) is 4.68. The van der Waals surface area contributed by atoms with Crippen molar-refractivity contribution >= 4 is 21.9 Å². The predicted molar refractivity (Wildman–Crippen MR) is 120 cm³/mol. The zero-order chi connectivity index (χ0) is 21.5. The molecule has 3 aromatic rings. The third kappa shape index (κ3) is 5.62. The van der Waals surface area contributed by atoms with Crippen LogP contribution in [0.4, 0.5) is 0 Å². The van der Waals surface area contributed by atoms with Gasteiger partial charge in [-0.25, -0.2) is 4.79 Å². The van der Waals surface area contributed by atoms with Crippen LogP contribution in [-0.4, -0.2) is 18.2 Å². The van der Waals surface area contributed by atoms with Crippen LogP contribution in [0.1, 0.15) is 32.6 Å². The lowest BCUT2D eigenvalue weighted by molar-refractivity contribution is 0.0697. The van der Waals surface area contributed by atoms with Crippen LogP contribution in [0, 0.1) is 6.92 Å². The van der Waals surface area contributed by atoms with Crippen LogP contribution in [0.15, 0.2) is 65.1 Å². The summed E-state index contributed by atoms with van der Waals surface area (Å²) < 4.78 is 12.6. The summed E-state index contributed by atoms with van der Waals surface area (Å²) in [5.74, 6) is 0.445. The number of carboxylic acid groups (broad SMARTS) is 1. The fraction of sp³-hybridized carbons (Fsp3) is 0.208. The maximum atomic E-state index is 11.0. The molecule has 0 radical (unpaired) electrons. The lowest BCUT2D eigenvalue weighted by atomic mass is 10.1. The molecule has 6 heteroatoms. The molecular weight excluding hydrogens is 446 g/mol. The molecule has 0 spiro atoms. The van der Waals surface area contributed by atoms with Gasteiger partial charge in [-0.05, 0) is 42.3 Å². The van der Waals surface area contributed by atoms with Gasteiger partial charge in [0.05, 0.1) is 12.7 Å². The van der Waals surface area contributed by atoms with Gasteiger partial charge in [-0.1, -0.05) is 57.9 Å². The highest BCUT2D eigenvalue weighted by atomic mass is 79.9. The summed E-state index contributed by atoms with van der Waals surface area (Å²) in [5, 5.41) is 12.4. The highest BCUT2D eigenvalue weighted by molar-refractivity contribution is 9.10. The number of carbonyl (C=O) groups is 1. The van der Waals surface area contributed by atoms with Crippen LogP contribution in [-0.2, 0) is 19.7 Å². The topological polar surface area (TPSA) is 67.8 Å². The first-order valence-electron chi connectivity index (χ1n) is 9.54. The number of nitrogens with one attached hydrogen (secondary N) is 1. The maximum Gasteiger partial charge on any atom is 0.335 e. The van der Waals surface area contributed by atoms with Crippen LogP contribution in [0.3, 0.4) is 0 Å². The van der Waals surface area contributed by atoms with E-state index in [9.17, 15) is 4.79 Å². The summed E-state index contributed by atoms with van der Waals surface area (Å²) in [5.41, 5.74) is 4.52. The summed E-state index contributed by atoms with van der Waals surface area (Å²) >= 11 is 3.62. The van der Waals surface area contributed by atoms with Crippen LogP contribution >= 0.6 is 15.9 Å². The van der Waals surface area contributed by atoms with Crippen LogP contribution in [0.5, 0.6) is 11.5 Å². The van der Waals surface area contributed by atoms with Gasteiger partial charge in [0.2, 0.25) is 0 Å². The highest BCUT2D eigenvalue weighted by Crippen LogP contribution is 2.37. The predicted octanol–water partition coefficient (Wildman–Crippen LogP) is 5.33. The van der Waals surface area contributed by atoms with Crippen molar-refractivity contribution < 1.29 is 19.4 Å². The summed E-state index contributed by atoms with van der Waals surface area (Å²) in [6.45, 7) is 3.65. The van der Waals surface area contributed by atoms with Crippen LogP contribution in [0.25, 0.3) is 0 Å². The number of aromatic carboxylic acids is 1. The van der Waals surface area contributed by atoms with Gasteiger partial charge >= 0.3 is 5.97 Å². The van der Waals surface area contributed by atoms with E-state index in [1.54, 1.807) is 19.2 Å². The minimum Gasteiger partial charge on any atom is -0.493 e. The molecule has 0 aromatic heterocycles. The Bertz CT molecular complexity index is 1020. The van der Waals surface area contributed by atoms with Gasteiger partial charge in [-0.3, -0.25) is 0 Å². The van der Waals surface area contributed by atoms with Gasteiger partial charge < -0.3 is 19.9 Å². The second-order valence-corrected chi connectivity index (χ2v) is 7.80. The number of benzene rings is 3. The normalized spacial score (nSPS) is 10.6. The zero-order valence-electron chi connectivity index (χ0n) is 16.9. The standard InChI is InChI=1S/C24H24BrNO4/c1-16-4-3-5-18(12-16)15-30-23-20(21(25)10-11-22(23)29-2)14-26-13-17-6-8-19(9-7-17)24(27)28/h3-12,26H,13-15H2,1-2H3,(H,27,28). The molecular formula is C24H24BrNO4. The lowest BCUT2D eigenvalue weighted by Gasteiger charge is -2.17. The van der Waals surface area contributed by atoms with Crippen LogP contribution < -0.4 is 14.8 Å². The minimum absolute atomic E-state index is 0.279. The molecule has 0 amide bonds. The van der Waals surface area contributed by atoms with Crippen molar-refractivity contribution in [2.75, 3.05) is 7.11 Å². The Morgan fingerprint density at radius 3 is 2.47 bits per heavy atom. The molecule has 0 heterocycles. The van der Waals surface area contributed by atoms with E-state index in [1.807, 2.05) is 36.4 Å². The average Bonchev–Trinajstić information content (AvgIpc) is 2.74. The van der Waals surface area contributed by atoms with Gasteiger partial charge in [0.15, 0.2) is 11.5 Å². The van der Waals surface area contributed by atoms with Crippen molar-refractivity contribution in [2.45, 2.75) is 26.6 Å². The first kappa shape index (κ1) is 21.9. The molecule has 30 heavy (non-hydrogen) atoms. The van der Waals surface area contributed by atoms with E-state index in [2.05, 4.69) is 40.3 Å². The van der Waals surface area contributed by atoms with E-state index >= 15 is 0 Å². The second kappa shape index (κ2) is 10.3. The Balaban J connectivity index is 1.72. The van der Waals surface area contributed by atoms with Gasteiger partial charge in [-0.2, -0.15) is 0 Å². The lowest BCUT2D eigenvalue weighted by Crippen LogP contribution is -2.15. The van der Waals surface area contributed by atoms with Crippen molar-refractivity contribution in [2.24, 2.45) is 0 Å². The van der Waals surface area contributed by atoms with Crippen LogP contribution in [0.2, 0.25) is 0 Å². The summed E-state index contributed by atoms with van der Waals surface area (Å²) in [7, 11) is 1.63. The van der Waals surface area contributed by atoms with Gasteiger partial charge in [0.25, 0.3) is 0 Å². The number of halogens is 1. The molecule has 3 aromatic carbocycles. The van der Waals surface area contributed by atoms with E-state index in [1.165, 1.54) is 5.56 Å². The number of methoxy groups -OCH3 is 1. The fourth-order valence-electron chi connectivity index (χ4n) is 3.12. The molecule has 0 unspecified atom stereocenters. The molecule has 0 bridgehead atoms. The molecule has 156 valence electrons. The Morgan fingerprint density at radius 1 is 1.03 bits per heavy atom. The number of hydrogen-bond acceptors (Lipinski definition) is 4. The average molecular weight is 470 g/mol. The molecule has 3 rings (SSSR count). The monoisotopic (exact) mass is 469 g/mol. The zero-order valence-corrected chi connectivity index (χ0v) is 18.5. The molecule has 5 nitrogen and oxygen atoms in total. The first-order chi connectivity index (χ1) is 14.5. The summed E-state index contributed by atoms with van der Waals surface area (Å²) in [4.78, 5) is 11.0. The van der Waals surface area contributed by atoms with Gasteiger partial charge in [0.1, 0.15) is 6.61 Å². The molecule has 0 fully saturated rings. The Hall–Kier alpha value is -2.83. The molecule has 0 aliphatic rings. The fourth-order valence-corrected chi connectivity index (χ4v) is 3.57. The van der Waals surface area contributed by atoms with Crippen molar-refractivity contribution in [3.05, 3.63) is 93.0 Å². The van der Waals surface area contributed by atoms with E-state index in [4.69, 9.17) is 14.6 Å². The number of ether oxygens (including phenoxy) is 2. The number of carboxylic acids is 1. The Labute approximate surface area is 184 Å². The van der Waals surface area contributed by atoms with Crippen molar-refractivity contribution in [3.63, 3.8) is 0 Å². The second-order valence-electron chi connectivity index (χ2n) is 6.94. The Kier molecular flexibility index (Phi) is 7.49. The maximum absolute atomic E-state index is 11.0. The minimum atomic E-state index is -0.926.